The molecule has 4 nitrogen and oxygen atoms in total. The minimum Gasteiger partial charge on any atom is -0.365 e. The van der Waals surface area contributed by atoms with Crippen LogP contribution in [0.5, 0.6) is 0 Å². The molecule has 2 rings (SSSR count). The minimum absolute atomic E-state index is 0.140. The number of H-pyrrole nitrogens is 1. The van der Waals surface area contributed by atoms with Gasteiger partial charge in [0.2, 0.25) is 0 Å². The molecular formula is C12H8ClN3O. The Morgan fingerprint density at radius 2 is 2.18 bits per heavy atom. The van der Waals surface area contributed by atoms with Crippen LogP contribution in [0, 0.1) is 11.3 Å². The van der Waals surface area contributed by atoms with Gasteiger partial charge in [0.25, 0.3) is 5.91 Å². The SMILES string of the molecule is N#CC(=Cc1[nH]c2ccccc2c1Cl)C(N)=O. The van der Waals surface area contributed by atoms with Gasteiger partial charge < -0.3 is 10.7 Å². The van der Waals surface area contributed by atoms with Crippen molar-refractivity contribution in [2.45, 2.75) is 0 Å². The van der Waals surface area contributed by atoms with E-state index in [0.717, 1.165) is 10.9 Å². The summed E-state index contributed by atoms with van der Waals surface area (Å²) in [5.74, 6) is -0.776. The molecule has 0 saturated heterocycles. The van der Waals surface area contributed by atoms with Crippen LogP contribution in [0.1, 0.15) is 5.69 Å². The number of hydrogen-bond donors (Lipinski definition) is 2. The molecule has 1 heterocycles. The van der Waals surface area contributed by atoms with Crippen molar-refractivity contribution in [3.05, 3.63) is 40.6 Å². The van der Waals surface area contributed by atoms with Gasteiger partial charge in [-0.2, -0.15) is 5.26 Å². The largest absolute Gasteiger partial charge is 0.365 e. The lowest BCUT2D eigenvalue weighted by Crippen LogP contribution is -2.12. The first-order chi connectivity index (χ1) is 8.13. The number of rotatable bonds is 2. The molecule has 0 aliphatic carbocycles. The summed E-state index contributed by atoms with van der Waals surface area (Å²) < 4.78 is 0. The number of carbonyl (C=O) groups is 1. The molecule has 5 heteroatoms. The molecule has 2 aromatic rings. The zero-order chi connectivity index (χ0) is 12.4. The van der Waals surface area contributed by atoms with Gasteiger partial charge in [0.05, 0.1) is 10.7 Å². The average molecular weight is 246 g/mol. The maximum Gasteiger partial charge on any atom is 0.259 e. The van der Waals surface area contributed by atoms with Crippen LogP contribution in [0.25, 0.3) is 17.0 Å². The first-order valence-electron chi connectivity index (χ1n) is 4.81. The normalized spacial score (nSPS) is 11.4. The molecule has 17 heavy (non-hydrogen) atoms. The van der Waals surface area contributed by atoms with Crippen LogP contribution in [0.2, 0.25) is 5.02 Å². The second-order valence-corrected chi connectivity index (χ2v) is 3.81. The Morgan fingerprint density at radius 1 is 1.47 bits per heavy atom. The van der Waals surface area contributed by atoms with Crippen LogP contribution in [0.15, 0.2) is 29.8 Å². The van der Waals surface area contributed by atoms with Crippen molar-refractivity contribution >= 4 is 34.5 Å². The topological polar surface area (TPSA) is 82.7 Å². The minimum atomic E-state index is -0.776. The highest BCUT2D eigenvalue weighted by Crippen LogP contribution is 2.28. The molecule has 0 radical (unpaired) electrons. The molecule has 1 amide bonds. The Bertz CT molecular complexity index is 664. The van der Waals surface area contributed by atoms with E-state index < -0.39 is 5.91 Å². The van der Waals surface area contributed by atoms with Crippen molar-refractivity contribution in [3.63, 3.8) is 0 Å². The molecule has 0 aliphatic heterocycles. The highest BCUT2D eigenvalue weighted by Gasteiger charge is 2.10. The van der Waals surface area contributed by atoms with Crippen LogP contribution in [0.3, 0.4) is 0 Å². The molecule has 0 fully saturated rings. The number of nitriles is 1. The van der Waals surface area contributed by atoms with E-state index in [1.165, 1.54) is 6.08 Å². The van der Waals surface area contributed by atoms with Gasteiger partial charge in [-0.25, -0.2) is 0 Å². The van der Waals surface area contributed by atoms with Crippen LogP contribution in [-0.4, -0.2) is 10.9 Å². The number of para-hydroxylation sites is 1. The Kier molecular flexibility index (Phi) is 2.86. The van der Waals surface area contributed by atoms with Gasteiger partial charge >= 0.3 is 0 Å². The number of nitrogens with one attached hydrogen (secondary N) is 1. The molecule has 0 unspecified atom stereocenters. The van der Waals surface area contributed by atoms with E-state index in [-0.39, 0.29) is 5.57 Å². The summed E-state index contributed by atoms with van der Waals surface area (Å²) in [6.45, 7) is 0. The lowest BCUT2D eigenvalue weighted by atomic mass is 10.2. The quantitative estimate of drug-likeness (QED) is 0.628. The lowest BCUT2D eigenvalue weighted by Gasteiger charge is -1.91. The van der Waals surface area contributed by atoms with E-state index in [0.29, 0.717) is 10.7 Å². The van der Waals surface area contributed by atoms with E-state index >= 15 is 0 Å². The van der Waals surface area contributed by atoms with Crippen molar-refractivity contribution < 1.29 is 4.79 Å². The first-order valence-corrected chi connectivity index (χ1v) is 5.19. The Labute approximate surface area is 102 Å². The molecule has 0 aliphatic rings. The number of primary amides is 1. The number of fused-ring (bicyclic) bond motifs is 1. The molecule has 0 spiro atoms. The Morgan fingerprint density at radius 3 is 2.76 bits per heavy atom. The summed E-state index contributed by atoms with van der Waals surface area (Å²) in [6.07, 6.45) is 1.35. The molecular weight excluding hydrogens is 238 g/mol. The predicted octanol–water partition coefficient (Wildman–Crippen LogP) is 2.21. The monoisotopic (exact) mass is 245 g/mol. The zero-order valence-corrected chi connectivity index (χ0v) is 9.45. The van der Waals surface area contributed by atoms with Gasteiger partial charge in [0, 0.05) is 10.9 Å². The van der Waals surface area contributed by atoms with Crippen molar-refractivity contribution in [2.24, 2.45) is 5.73 Å². The van der Waals surface area contributed by atoms with Crippen LogP contribution < -0.4 is 5.73 Å². The van der Waals surface area contributed by atoms with Crippen molar-refractivity contribution in [3.8, 4) is 6.07 Å². The number of hydrogen-bond acceptors (Lipinski definition) is 2. The summed E-state index contributed by atoms with van der Waals surface area (Å²) in [5.41, 5.74) is 6.25. The van der Waals surface area contributed by atoms with Gasteiger partial charge in [-0.05, 0) is 12.1 Å². The van der Waals surface area contributed by atoms with E-state index in [2.05, 4.69) is 4.98 Å². The molecule has 3 N–H and O–H groups in total. The molecule has 0 saturated carbocycles. The van der Waals surface area contributed by atoms with Gasteiger partial charge in [-0.15, -0.1) is 0 Å². The highest BCUT2D eigenvalue weighted by molar-refractivity contribution is 6.37. The van der Waals surface area contributed by atoms with E-state index in [1.54, 1.807) is 6.07 Å². The first kappa shape index (κ1) is 11.2. The number of halogens is 1. The predicted molar refractivity (Wildman–Crippen MR) is 66.1 cm³/mol. The van der Waals surface area contributed by atoms with E-state index in [9.17, 15) is 4.79 Å². The number of nitrogens with zero attached hydrogens (tertiary/aromatic N) is 1. The van der Waals surface area contributed by atoms with Crippen molar-refractivity contribution in [1.29, 1.82) is 5.26 Å². The fourth-order valence-corrected chi connectivity index (χ4v) is 1.80. The lowest BCUT2D eigenvalue weighted by molar-refractivity contribution is -0.114. The third kappa shape index (κ3) is 2.01. The highest BCUT2D eigenvalue weighted by atomic mass is 35.5. The number of benzene rings is 1. The maximum absolute atomic E-state index is 10.9. The molecule has 84 valence electrons. The zero-order valence-electron chi connectivity index (χ0n) is 8.70. The number of aromatic nitrogens is 1. The molecule has 0 bridgehead atoms. The number of aromatic amines is 1. The van der Waals surface area contributed by atoms with Crippen LogP contribution in [0.4, 0.5) is 0 Å². The second kappa shape index (κ2) is 4.32. The maximum atomic E-state index is 10.9. The van der Waals surface area contributed by atoms with Gasteiger partial charge in [0.1, 0.15) is 11.6 Å². The van der Waals surface area contributed by atoms with E-state index in [4.69, 9.17) is 22.6 Å². The summed E-state index contributed by atoms with van der Waals surface area (Å²) in [5, 5.41) is 10.0. The van der Waals surface area contributed by atoms with Crippen LogP contribution >= 0.6 is 11.6 Å². The van der Waals surface area contributed by atoms with Gasteiger partial charge in [-0.3, -0.25) is 4.79 Å². The molecule has 1 aromatic carbocycles. The molecule has 1 aromatic heterocycles. The van der Waals surface area contributed by atoms with Crippen molar-refractivity contribution in [2.75, 3.05) is 0 Å². The second-order valence-electron chi connectivity index (χ2n) is 3.43. The standard InChI is InChI=1S/C12H8ClN3O/c13-11-8-3-1-2-4-9(8)16-10(11)5-7(6-14)12(15)17/h1-5,16H,(H2,15,17). The fourth-order valence-electron chi connectivity index (χ4n) is 1.53. The third-order valence-corrected chi connectivity index (χ3v) is 2.75. The smallest absolute Gasteiger partial charge is 0.259 e. The summed E-state index contributed by atoms with van der Waals surface area (Å²) >= 11 is 6.13. The average Bonchev–Trinajstić information content (AvgIpc) is 2.63. The number of carbonyl (C=O) groups excluding carboxylic acids is 1. The summed E-state index contributed by atoms with van der Waals surface area (Å²) in [7, 11) is 0. The van der Waals surface area contributed by atoms with Gasteiger partial charge in [0.15, 0.2) is 0 Å². The summed E-state index contributed by atoms with van der Waals surface area (Å²) in [6, 6.07) is 9.15. The van der Waals surface area contributed by atoms with Crippen molar-refractivity contribution in [1.82, 2.24) is 4.98 Å². The number of nitrogens with two attached hydrogens (primary N) is 1. The van der Waals surface area contributed by atoms with E-state index in [1.807, 2.05) is 24.3 Å². The number of amides is 1. The van der Waals surface area contributed by atoms with Gasteiger partial charge in [-0.1, -0.05) is 29.8 Å². The summed E-state index contributed by atoms with van der Waals surface area (Å²) in [4.78, 5) is 14.0. The molecule has 0 atom stereocenters. The Balaban J connectivity index is 2.61. The fraction of sp³-hybridized carbons (Fsp3) is 0. The third-order valence-electron chi connectivity index (χ3n) is 2.34. The Hall–Kier alpha value is -2.25. The van der Waals surface area contributed by atoms with Crippen LogP contribution in [-0.2, 0) is 4.79 Å².